The topological polar surface area (TPSA) is 3.24 Å². The molecule has 15 heavy (non-hydrogen) atoms. The van der Waals surface area contributed by atoms with Gasteiger partial charge in [-0.2, -0.15) is 0 Å². The minimum Gasteiger partial charge on any atom is -0.484 e. The molecule has 0 N–H and O–H groups in total. The average molecular weight is 185 g/mol. The van der Waals surface area contributed by atoms with Crippen LogP contribution in [0.4, 0.5) is 5.69 Å². The van der Waals surface area contributed by atoms with Gasteiger partial charge in [-0.15, -0.1) is 13.1 Å². The van der Waals surface area contributed by atoms with Gasteiger partial charge < -0.3 is 17.1 Å². The second-order valence-electron chi connectivity index (χ2n) is 2.69. The van der Waals surface area contributed by atoms with Crippen molar-refractivity contribution in [1.29, 1.82) is 0 Å². The minimum atomic E-state index is 0. The summed E-state index contributed by atoms with van der Waals surface area (Å²) in [6.45, 7) is 8.59. The van der Waals surface area contributed by atoms with Crippen molar-refractivity contribution in [1.82, 2.24) is 0 Å². The molecule has 0 bridgehead atoms. The molecule has 68 valence electrons. The number of nitrogens with zero attached hydrogens (tertiary/aromatic N) is 1. The Hall–Kier alpha value is -0.305. The molecular weight excluding hydrogens is 172 g/mol. The first-order valence-electron chi connectivity index (χ1n) is 4.18. The second-order valence-corrected chi connectivity index (χ2v) is 2.69. The SMILES string of the molecule is C=[C-]CN(C[C-]=C)c1ccccc1.[Li+].[Li+]. The standard InChI is InChI=1S/C12H13N.2Li/c1-3-10-13(11-4-2)12-8-6-5-7-9-12;;/h5-9H,1-2,10-11H2;;/q-2;2*+1. The fourth-order valence-corrected chi connectivity index (χ4v) is 1.15. The van der Waals surface area contributed by atoms with E-state index < -0.39 is 0 Å². The first kappa shape index (κ1) is 17.1. The zero-order valence-electron chi connectivity index (χ0n) is 9.66. The molecule has 0 aliphatic carbocycles. The van der Waals surface area contributed by atoms with E-state index in [0.717, 1.165) is 5.69 Å². The molecule has 0 aromatic heterocycles. The van der Waals surface area contributed by atoms with Crippen LogP contribution >= 0.6 is 0 Å². The molecule has 0 saturated heterocycles. The molecule has 1 aromatic carbocycles. The molecule has 0 fully saturated rings. The van der Waals surface area contributed by atoms with Crippen LogP contribution < -0.4 is 42.6 Å². The number of hydrogen-bond donors (Lipinski definition) is 0. The summed E-state index contributed by atoms with van der Waals surface area (Å²) in [6, 6.07) is 10.1. The van der Waals surface area contributed by atoms with Gasteiger partial charge in [0.1, 0.15) is 0 Å². The molecule has 0 saturated carbocycles. The summed E-state index contributed by atoms with van der Waals surface area (Å²) in [6.07, 6.45) is 5.72. The van der Waals surface area contributed by atoms with Crippen LogP contribution in [0.2, 0.25) is 0 Å². The summed E-state index contributed by atoms with van der Waals surface area (Å²) in [5.74, 6) is 0. The predicted molar refractivity (Wildman–Crippen MR) is 56.4 cm³/mol. The number of hydrogen-bond acceptors (Lipinski definition) is 1. The summed E-state index contributed by atoms with van der Waals surface area (Å²) >= 11 is 0. The van der Waals surface area contributed by atoms with Crippen molar-refractivity contribution in [2.45, 2.75) is 0 Å². The molecule has 1 nitrogen and oxygen atoms in total. The van der Waals surface area contributed by atoms with Gasteiger partial charge in [-0.3, -0.25) is 13.2 Å². The smallest absolute Gasteiger partial charge is 0.484 e. The molecular formula is C12H13Li2N. The molecule has 0 radical (unpaired) electrons. The molecule has 0 heterocycles. The normalized spacial score (nSPS) is 8.00. The van der Waals surface area contributed by atoms with Gasteiger partial charge >= 0.3 is 37.7 Å². The number of para-hydroxylation sites is 1. The Morgan fingerprint density at radius 3 is 1.80 bits per heavy atom. The average Bonchev–Trinajstić information content (AvgIpc) is 2.19. The molecule has 0 aliphatic rings. The Balaban J connectivity index is 0. The van der Waals surface area contributed by atoms with Gasteiger partial charge in [-0.1, -0.05) is 18.2 Å². The molecule has 1 rings (SSSR count). The van der Waals surface area contributed by atoms with Crippen LogP contribution in [0, 0.1) is 12.2 Å². The Morgan fingerprint density at radius 1 is 0.933 bits per heavy atom. The van der Waals surface area contributed by atoms with Crippen LogP contribution in [-0.4, -0.2) is 13.1 Å². The number of anilines is 1. The molecule has 3 heteroatoms. The van der Waals surface area contributed by atoms with Crippen molar-refractivity contribution in [2.24, 2.45) is 0 Å². The van der Waals surface area contributed by atoms with E-state index in [1.54, 1.807) is 0 Å². The predicted octanol–water partition coefficient (Wildman–Crippen LogP) is -3.52. The van der Waals surface area contributed by atoms with Crippen molar-refractivity contribution >= 4 is 5.69 Å². The molecule has 0 unspecified atom stereocenters. The minimum absolute atomic E-state index is 0. The molecule has 0 amide bonds. The van der Waals surface area contributed by atoms with Gasteiger partial charge in [0.2, 0.25) is 0 Å². The van der Waals surface area contributed by atoms with Gasteiger partial charge in [0.25, 0.3) is 0 Å². The molecule has 1 aromatic rings. The van der Waals surface area contributed by atoms with Crippen LogP contribution in [0.15, 0.2) is 43.5 Å². The zero-order chi connectivity index (χ0) is 9.52. The fraction of sp³-hybridized carbons (Fsp3) is 0.167. The van der Waals surface area contributed by atoms with Gasteiger partial charge in [0.05, 0.1) is 0 Å². The summed E-state index contributed by atoms with van der Waals surface area (Å²) in [7, 11) is 0. The first-order valence-corrected chi connectivity index (χ1v) is 4.18. The molecule has 0 atom stereocenters. The van der Waals surface area contributed by atoms with Gasteiger partial charge in [-0.25, -0.2) is 0 Å². The van der Waals surface area contributed by atoms with E-state index in [4.69, 9.17) is 0 Å². The van der Waals surface area contributed by atoms with E-state index in [1.165, 1.54) is 0 Å². The third kappa shape index (κ3) is 5.98. The van der Waals surface area contributed by atoms with Crippen LogP contribution in [0.1, 0.15) is 0 Å². The largest absolute Gasteiger partial charge is 1.00 e. The summed E-state index contributed by atoms with van der Waals surface area (Å²) < 4.78 is 0. The van der Waals surface area contributed by atoms with Crippen molar-refractivity contribution < 1.29 is 37.7 Å². The Labute approximate surface area is 117 Å². The van der Waals surface area contributed by atoms with Crippen LogP contribution in [0.3, 0.4) is 0 Å². The second kappa shape index (κ2) is 10.2. The Bertz CT molecular complexity index is 262. The quantitative estimate of drug-likeness (QED) is 0.339. The summed E-state index contributed by atoms with van der Waals surface area (Å²) in [5.41, 5.74) is 1.15. The Kier molecular flexibility index (Phi) is 11.7. The Morgan fingerprint density at radius 2 is 1.40 bits per heavy atom. The zero-order valence-corrected chi connectivity index (χ0v) is 9.66. The van der Waals surface area contributed by atoms with E-state index in [0.29, 0.717) is 13.1 Å². The molecule has 0 spiro atoms. The third-order valence-electron chi connectivity index (χ3n) is 1.73. The van der Waals surface area contributed by atoms with Gasteiger partial charge in [0, 0.05) is 5.69 Å². The van der Waals surface area contributed by atoms with Gasteiger partial charge in [0.15, 0.2) is 0 Å². The van der Waals surface area contributed by atoms with E-state index in [-0.39, 0.29) is 37.7 Å². The number of benzene rings is 1. The number of rotatable bonds is 5. The maximum absolute atomic E-state index is 3.59. The van der Waals surface area contributed by atoms with Crippen molar-refractivity contribution in [3.05, 3.63) is 55.6 Å². The van der Waals surface area contributed by atoms with Crippen LogP contribution in [0.25, 0.3) is 0 Å². The fourth-order valence-electron chi connectivity index (χ4n) is 1.15. The third-order valence-corrected chi connectivity index (χ3v) is 1.73. The van der Waals surface area contributed by atoms with Gasteiger partial charge in [-0.05, 0) is 12.1 Å². The maximum atomic E-state index is 3.59. The molecule has 0 aliphatic heterocycles. The summed E-state index contributed by atoms with van der Waals surface area (Å²) in [5, 5.41) is 0. The van der Waals surface area contributed by atoms with E-state index >= 15 is 0 Å². The monoisotopic (exact) mass is 185 g/mol. The van der Waals surface area contributed by atoms with E-state index in [1.807, 2.05) is 18.2 Å². The van der Waals surface area contributed by atoms with Crippen molar-refractivity contribution in [3.63, 3.8) is 0 Å². The van der Waals surface area contributed by atoms with E-state index in [2.05, 4.69) is 42.3 Å². The first-order chi connectivity index (χ1) is 6.38. The van der Waals surface area contributed by atoms with Crippen molar-refractivity contribution in [3.8, 4) is 0 Å². The van der Waals surface area contributed by atoms with E-state index in [9.17, 15) is 0 Å². The maximum Gasteiger partial charge on any atom is 1.00 e. The van der Waals surface area contributed by atoms with Crippen LogP contribution in [-0.2, 0) is 0 Å². The van der Waals surface area contributed by atoms with Crippen molar-refractivity contribution in [2.75, 3.05) is 18.0 Å². The summed E-state index contributed by atoms with van der Waals surface area (Å²) in [4.78, 5) is 2.10. The van der Waals surface area contributed by atoms with Crippen LogP contribution in [0.5, 0.6) is 0 Å².